The molecular formula is C8H18N2O2. The number of carbonyl (C=O) groups excluding carboxylic acids is 1. The molecule has 0 aliphatic heterocycles. The third kappa shape index (κ3) is 5.09. The second-order valence-electron chi connectivity index (χ2n) is 3.04. The van der Waals surface area contributed by atoms with Gasteiger partial charge in [-0.3, -0.25) is 4.79 Å². The molecule has 0 amide bonds. The van der Waals surface area contributed by atoms with Crippen LogP contribution in [0.1, 0.15) is 26.2 Å². The SMILES string of the molecule is COC(=O)C(N)CCCC(C)N. The van der Waals surface area contributed by atoms with Crippen LogP contribution in [0.2, 0.25) is 0 Å². The number of hydrogen-bond donors (Lipinski definition) is 2. The van der Waals surface area contributed by atoms with E-state index in [-0.39, 0.29) is 12.0 Å². The predicted molar refractivity (Wildman–Crippen MR) is 47.5 cm³/mol. The fraction of sp³-hybridized carbons (Fsp3) is 0.875. The van der Waals surface area contributed by atoms with Gasteiger partial charge in [-0.05, 0) is 26.2 Å². The van der Waals surface area contributed by atoms with Crippen LogP contribution in [0.25, 0.3) is 0 Å². The maximum atomic E-state index is 10.8. The molecule has 2 unspecified atom stereocenters. The minimum Gasteiger partial charge on any atom is -0.468 e. The summed E-state index contributed by atoms with van der Waals surface area (Å²) in [5, 5.41) is 0. The zero-order chi connectivity index (χ0) is 9.56. The van der Waals surface area contributed by atoms with Crippen LogP contribution < -0.4 is 11.5 Å². The molecule has 4 heteroatoms. The molecule has 0 aliphatic carbocycles. The molecule has 2 atom stereocenters. The van der Waals surface area contributed by atoms with Crippen LogP contribution in [-0.2, 0) is 9.53 Å². The number of rotatable bonds is 5. The predicted octanol–water partition coefficient (Wildman–Crippen LogP) is 0.00420. The van der Waals surface area contributed by atoms with Gasteiger partial charge < -0.3 is 16.2 Å². The summed E-state index contributed by atoms with van der Waals surface area (Å²) in [6.07, 6.45) is 2.41. The molecule has 0 aromatic heterocycles. The third-order valence-corrected chi connectivity index (χ3v) is 1.68. The standard InChI is InChI=1S/C8H18N2O2/c1-6(9)4-3-5-7(10)8(11)12-2/h6-7H,3-5,9-10H2,1-2H3. The normalized spacial score (nSPS) is 15.3. The van der Waals surface area contributed by atoms with Crippen LogP contribution in [0.3, 0.4) is 0 Å². The van der Waals surface area contributed by atoms with Gasteiger partial charge in [0.05, 0.1) is 7.11 Å². The van der Waals surface area contributed by atoms with E-state index in [1.807, 2.05) is 6.92 Å². The van der Waals surface area contributed by atoms with Crippen molar-refractivity contribution in [3.63, 3.8) is 0 Å². The van der Waals surface area contributed by atoms with Crippen molar-refractivity contribution in [1.29, 1.82) is 0 Å². The monoisotopic (exact) mass is 174 g/mol. The Morgan fingerprint density at radius 2 is 2.00 bits per heavy atom. The quantitative estimate of drug-likeness (QED) is 0.575. The van der Waals surface area contributed by atoms with E-state index in [1.54, 1.807) is 0 Å². The highest BCUT2D eigenvalue weighted by atomic mass is 16.5. The van der Waals surface area contributed by atoms with E-state index in [0.29, 0.717) is 6.42 Å². The minimum atomic E-state index is -0.492. The average Bonchev–Trinajstić information content (AvgIpc) is 2.02. The third-order valence-electron chi connectivity index (χ3n) is 1.68. The summed E-state index contributed by atoms with van der Waals surface area (Å²) in [7, 11) is 1.34. The van der Waals surface area contributed by atoms with Gasteiger partial charge in [0.25, 0.3) is 0 Å². The first-order chi connectivity index (χ1) is 5.57. The smallest absolute Gasteiger partial charge is 0.322 e. The maximum absolute atomic E-state index is 10.8. The number of esters is 1. The summed E-state index contributed by atoms with van der Waals surface area (Å²) < 4.78 is 4.47. The van der Waals surface area contributed by atoms with Crippen LogP contribution in [0, 0.1) is 0 Å². The number of hydrogen-bond acceptors (Lipinski definition) is 4. The summed E-state index contributed by atoms with van der Waals surface area (Å²) in [6.45, 7) is 1.93. The van der Waals surface area contributed by atoms with Crippen molar-refractivity contribution in [2.45, 2.75) is 38.3 Å². The molecule has 0 fully saturated rings. The fourth-order valence-electron chi connectivity index (χ4n) is 0.929. The van der Waals surface area contributed by atoms with Crippen molar-refractivity contribution in [3.05, 3.63) is 0 Å². The van der Waals surface area contributed by atoms with Crippen LogP contribution in [-0.4, -0.2) is 25.2 Å². The van der Waals surface area contributed by atoms with Gasteiger partial charge in [-0.1, -0.05) is 0 Å². The molecule has 0 aromatic carbocycles. The van der Waals surface area contributed by atoms with Gasteiger partial charge in [-0.25, -0.2) is 0 Å². The molecule has 0 spiro atoms. The lowest BCUT2D eigenvalue weighted by atomic mass is 10.1. The van der Waals surface area contributed by atoms with Crippen LogP contribution in [0.5, 0.6) is 0 Å². The Labute approximate surface area is 73.2 Å². The number of methoxy groups -OCH3 is 1. The molecule has 0 rings (SSSR count). The highest BCUT2D eigenvalue weighted by Crippen LogP contribution is 2.02. The molecular weight excluding hydrogens is 156 g/mol. The first-order valence-corrected chi connectivity index (χ1v) is 4.17. The van der Waals surface area contributed by atoms with Crippen LogP contribution in [0.4, 0.5) is 0 Å². The lowest BCUT2D eigenvalue weighted by Gasteiger charge is -2.09. The summed E-state index contributed by atoms with van der Waals surface area (Å²) in [6, 6.07) is -0.316. The van der Waals surface area contributed by atoms with Gasteiger partial charge in [0.1, 0.15) is 6.04 Å². The van der Waals surface area contributed by atoms with E-state index >= 15 is 0 Å². The van der Waals surface area contributed by atoms with Gasteiger partial charge in [-0.15, -0.1) is 0 Å². The maximum Gasteiger partial charge on any atom is 0.322 e. The zero-order valence-electron chi connectivity index (χ0n) is 7.75. The van der Waals surface area contributed by atoms with Gasteiger partial charge in [0.15, 0.2) is 0 Å². The Morgan fingerprint density at radius 1 is 1.42 bits per heavy atom. The van der Waals surface area contributed by atoms with Gasteiger partial charge >= 0.3 is 5.97 Å². The summed E-state index contributed by atoms with van der Waals surface area (Å²) in [5.74, 6) is -0.348. The molecule has 0 heterocycles. The highest BCUT2D eigenvalue weighted by Gasteiger charge is 2.12. The molecule has 0 radical (unpaired) electrons. The lowest BCUT2D eigenvalue weighted by Crippen LogP contribution is -2.31. The Kier molecular flexibility index (Phi) is 5.66. The number of carbonyl (C=O) groups is 1. The topological polar surface area (TPSA) is 78.3 Å². The first-order valence-electron chi connectivity index (χ1n) is 4.17. The van der Waals surface area contributed by atoms with Gasteiger partial charge in [-0.2, -0.15) is 0 Å². The lowest BCUT2D eigenvalue weighted by molar-refractivity contribution is -0.142. The van der Waals surface area contributed by atoms with E-state index in [4.69, 9.17) is 11.5 Å². The molecule has 0 saturated carbocycles. The van der Waals surface area contributed by atoms with Crippen molar-refractivity contribution in [2.75, 3.05) is 7.11 Å². The molecule has 4 nitrogen and oxygen atoms in total. The average molecular weight is 174 g/mol. The minimum absolute atomic E-state index is 0.176. The molecule has 72 valence electrons. The molecule has 12 heavy (non-hydrogen) atoms. The Bertz CT molecular complexity index is 137. The van der Waals surface area contributed by atoms with E-state index in [0.717, 1.165) is 12.8 Å². The molecule has 4 N–H and O–H groups in total. The van der Waals surface area contributed by atoms with Crippen molar-refractivity contribution >= 4 is 5.97 Å². The second kappa shape index (κ2) is 5.97. The molecule has 0 aliphatic rings. The van der Waals surface area contributed by atoms with Gasteiger partial charge in [0.2, 0.25) is 0 Å². The fourth-order valence-corrected chi connectivity index (χ4v) is 0.929. The van der Waals surface area contributed by atoms with E-state index in [1.165, 1.54) is 7.11 Å². The number of ether oxygens (including phenoxy) is 1. The Balaban J connectivity index is 3.43. The van der Waals surface area contributed by atoms with Crippen LogP contribution >= 0.6 is 0 Å². The molecule has 0 bridgehead atoms. The Morgan fingerprint density at radius 3 is 2.42 bits per heavy atom. The van der Waals surface area contributed by atoms with Crippen molar-refractivity contribution in [3.8, 4) is 0 Å². The highest BCUT2D eigenvalue weighted by molar-refractivity contribution is 5.75. The summed E-state index contributed by atoms with van der Waals surface area (Å²) in [4.78, 5) is 10.8. The van der Waals surface area contributed by atoms with Crippen molar-refractivity contribution in [2.24, 2.45) is 11.5 Å². The molecule has 0 aromatic rings. The van der Waals surface area contributed by atoms with E-state index in [2.05, 4.69) is 4.74 Å². The van der Waals surface area contributed by atoms with Gasteiger partial charge in [0, 0.05) is 6.04 Å². The van der Waals surface area contributed by atoms with Crippen LogP contribution in [0.15, 0.2) is 0 Å². The second-order valence-corrected chi connectivity index (χ2v) is 3.04. The largest absolute Gasteiger partial charge is 0.468 e. The summed E-state index contributed by atoms with van der Waals surface area (Å²) >= 11 is 0. The Hall–Kier alpha value is -0.610. The zero-order valence-corrected chi connectivity index (χ0v) is 7.75. The van der Waals surface area contributed by atoms with Crippen molar-refractivity contribution < 1.29 is 9.53 Å². The molecule has 0 saturated heterocycles. The summed E-state index contributed by atoms with van der Waals surface area (Å²) in [5.41, 5.74) is 11.0. The van der Waals surface area contributed by atoms with E-state index in [9.17, 15) is 4.79 Å². The van der Waals surface area contributed by atoms with Crippen molar-refractivity contribution in [1.82, 2.24) is 0 Å². The first kappa shape index (κ1) is 11.4. The number of nitrogens with two attached hydrogens (primary N) is 2. The van der Waals surface area contributed by atoms with E-state index < -0.39 is 6.04 Å².